The van der Waals surface area contributed by atoms with Crippen molar-refractivity contribution in [3.05, 3.63) is 89.4 Å². The van der Waals surface area contributed by atoms with Gasteiger partial charge in [-0.2, -0.15) is 0 Å². The number of hydrogen-bond acceptors (Lipinski definition) is 7. The van der Waals surface area contributed by atoms with Crippen LogP contribution in [0.1, 0.15) is 31.4 Å². The van der Waals surface area contributed by atoms with E-state index in [1.165, 1.54) is 0 Å². The van der Waals surface area contributed by atoms with Gasteiger partial charge in [0.25, 0.3) is 0 Å². The first kappa shape index (κ1) is 24.8. The molecule has 0 atom stereocenters. The highest BCUT2D eigenvalue weighted by Crippen LogP contribution is 2.38. The average Bonchev–Trinajstić information content (AvgIpc) is 3.40. The average molecular weight is 528 g/mol. The summed E-state index contributed by atoms with van der Waals surface area (Å²) in [5, 5.41) is 6.19. The topological polar surface area (TPSA) is 71.7 Å². The zero-order valence-electron chi connectivity index (χ0n) is 20.3. The second-order valence-corrected chi connectivity index (χ2v) is 10.6. The van der Waals surface area contributed by atoms with Crippen LogP contribution in [0.3, 0.4) is 0 Å². The molecule has 9 heteroatoms. The molecule has 1 amide bonds. The van der Waals surface area contributed by atoms with E-state index in [-0.39, 0.29) is 5.91 Å². The lowest BCUT2D eigenvalue weighted by Gasteiger charge is -2.30. The molecule has 0 aliphatic carbocycles. The predicted molar refractivity (Wildman–Crippen MR) is 147 cm³/mol. The lowest BCUT2D eigenvalue weighted by Crippen LogP contribution is -2.36. The van der Waals surface area contributed by atoms with Crippen LogP contribution in [0.15, 0.2) is 82.0 Å². The number of para-hydroxylation sites is 1. The monoisotopic (exact) mass is 527 g/mol. The van der Waals surface area contributed by atoms with Crippen molar-refractivity contribution < 1.29 is 9.53 Å². The highest BCUT2D eigenvalue weighted by molar-refractivity contribution is 7.99. The molecule has 186 valence electrons. The molecule has 1 saturated heterocycles. The van der Waals surface area contributed by atoms with Crippen LogP contribution in [0.25, 0.3) is 4.85 Å². The number of amides is 1. The van der Waals surface area contributed by atoms with E-state index in [1.807, 2.05) is 65.6 Å². The molecule has 1 fully saturated rings. The summed E-state index contributed by atoms with van der Waals surface area (Å²) in [6, 6.07) is 19.1. The van der Waals surface area contributed by atoms with Crippen molar-refractivity contribution in [1.29, 1.82) is 0 Å². The van der Waals surface area contributed by atoms with Crippen molar-refractivity contribution in [3.8, 4) is 11.5 Å². The molecule has 0 saturated carbocycles. The van der Waals surface area contributed by atoms with Gasteiger partial charge in [-0.05, 0) is 25.0 Å². The largest absolute Gasteiger partial charge is 0.453 e. The number of anilines is 2. The normalized spacial score (nSPS) is 13.7. The molecule has 37 heavy (non-hydrogen) atoms. The number of hydrogen-bond donors (Lipinski definition) is 1. The fraction of sp³-hybridized carbons (Fsp3) is 0.214. The van der Waals surface area contributed by atoms with Crippen molar-refractivity contribution in [1.82, 2.24) is 14.9 Å². The van der Waals surface area contributed by atoms with E-state index < -0.39 is 0 Å². The Morgan fingerprint density at radius 3 is 2.59 bits per heavy atom. The first-order chi connectivity index (χ1) is 18.1. The predicted octanol–water partition coefficient (Wildman–Crippen LogP) is 7.50. The number of piperidine rings is 1. The number of rotatable bonds is 7. The zero-order chi connectivity index (χ0) is 25.6. The van der Waals surface area contributed by atoms with E-state index >= 15 is 0 Å². The number of benzene rings is 2. The molecule has 2 aromatic heterocycles. The van der Waals surface area contributed by atoms with Gasteiger partial charge in [-0.3, -0.25) is 4.79 Å². The van der Waals surface area contributed by atoms with Crippen LogP contribution < -0.4 is 10.1 Å². The Morgan fingerprint density at radius 2 is 1.89 bits per heavy atom. The summed E-state index contributed by atoms with van der Waals surface area (Å²) in [5.74, 6) is 2.39. The molecular formula is C28H25N5O2S2. The summed E-state index contributed by atoms with van der Waals surface area (Å²) in [4.78, 5) is 28.4. The number of likely N-dealkylation sites (tertiary alicyclic amines) is 1. The Morgan fingerprint density at radius 1 is 1.14 bits per heavy atom. The summed E-state index contributed by atoms with van der Waals surface area (Å²) in [5.41, 5.74) is 1.67. The van der Waals surface area contributed by atoms with E-state index in [9.17, 15) is 4.79 Å². The Balaban J connectivity index is 1.34. The molecule has 1 aliphatic heterocycles. The van der Waals surface area contributed by atoms with E-state index in [4.69, 9.17) is 16.3 Å². The fourth-order valence-electron chi connectivity index (χ4n) is 4.12. The minimum Gasteiger partial charge on any atom is -0.453 e. The van der Waals surface area contributed by atoms with Crippen molar-refractivity contribution >= 4 is 45.6 Å². The van der Waals surface area contributed by atoms with Gasteiger partial charge in [0.15, 0.2) is 22.4 Å². The van der Waals surface area contributed by atoms with Gasteiger partial charge in [-0.1, -0.05) is 54.2 Å². The molecule has 2 aromatic carbocycles. The minimum atomic E-state index is 0.137. The number of pyridine rings is 1. The lowest BCUT2D eigenvalue weighted by atomic mass is 9.94. The molecule has 0 bridgehead atoms. The Labute approximate surface area is 224 Å². The van der Waals surface area contributed by atoms with Gasteiger partial charge < -0.3 is 15.0 Å². The lowest BCUT2D eigenvalue weighted by molar-refractivity contribution is -0.129. The van der Waals surface area contributed by atoms with Crippen LogP contribution in [0.5, 0.6) is 11.5 Å². The fourth-order valence-corrected chi connectivity index (χ4v) is 5.72. The van der Waals surface area contributed by atoms with Crippen LogP contribution in [0, 0.1) is 6.57 Å². The molecule has 1 N–H and O–H groups in total. The maximum Gasteiger partial charge on any atom is 0.219 e. The molecule has 0 spiro atoms. The number of carbonyl (C=O) groups excluding carboxylic acids is 1. The Kier molecular flexibility index (Phi) is 7.68. The molecule has 0 unspecified atom stereocenters. The number of aromatic nitrogens is 2. The van der Waals surface area contributed by atoms with Crippen LogP contribution in [0.2, 0.25) is 0 Å². The van der Waals surface area contributed by atoms with Gasteiger partial charge >= 0.3 is 0 Å². The van der Waals surface area contributed by atoms with Crippen molar-refractivity contribution in [2.24, 2.45) is 0 Å². The highest BCUT2D eigenvalue weighted by Gasteiger charge is 2.24. The summed E-state index contributed by atoms with van der Waals surface area (Å²) < 4.78 is 6.22. The number of carbonyl (C=O) groups is 1. The van der Waals surface area contributed by atoms with Gasteiger partial charge in [0.1, 0.15) is 5.75 Å². The molecule has 0 radical (unpaired) electrons. The quantitative estimate of drug-likeness (QED) is 0.251. The third-order valence-corrected chi connectivity index (χ3v) is 7.85. The summed E-state index contributed by atoms with van der Waals surface area (Å²) in [6.45, 7) is 10.3. The molecule has 3 heterocycles. The Bertz CT molecular complexity index is 1410. The van der Waals surface area contributed by atoms with Crippen molar-refractivity contribution in [3.63, 3.8) is 0 Å². The zero-order valence-corrected chi connectivity index (χ0v) is 21.9. The standard InChI is InChI=1S/C28H25N5O2S2/c1-19(34)33-14-12-20(13-15-33)25-18-36-28(31-25)32-27-26(35-22-6-4-3-5-7-22)16-24(17-30-27)37-23-10-8-21(29-2)9-11-23/h3-11,16-18,20H,12-15H2,1H3,(H,30,31,32). The number of ether oxygens (including phenoxy) is 1. The van der Waals surface area contributed by atoms with Gasteiger partial charge in [0.05, 0.1) is 12.3 Å². The van der Waals surface area contributed by atoms with E-state index in [0.717, 1.165) is 46.5 Å². The van der Waals surface area contributed by atoms with Gasteiger partial charge in [0, 0.05) is 53.4 Å². The first-order valence-electron chi connectivity index (χ1n) is 11.9. The number of nitrogens with zero attached hydrogens (tertiary/aromatic N) is 4. The molecule has 1 aliphatic rings. The summed E-state index contributed by atoms with van der Waals surface area (Å²) in [7, 11) is 0. The van der Waals surface area contributed by atoms with Crippen LogP contribution in [-0.4, -0.2) is 33.9 Å². The molecular weight excluding hydrogens is 502 g/mol. The second-order valence-electron chi connectivity index (χ2n) is 8.62. The SMILES string of the molecule is [C-]#[N+]c1ccc(Sc2cnc(Nc3nc(C4CCN(C(C)=O)CC4)cs3)c(Oc3ccccc3)c2)cc1. The van der Waals surface area contributed by atoms with E-state index in [0.29, 0.717) is 28.9 Å². The summed E-state index contributed by atoms with van der Waals surface area (Å²) in [6.07, 6.45) is 3.65. The molecule has 7 nitrogen and oxygen atoms in total. The third kappa shape index (κ3) is 6.28. The number of thiazole rings is 1. The van der Waals surface area contributed by atoms with Gasteiger partial charge in [0.2, 0.25) is 5.91 Å². The highest BCUT2D eigenvalue weighted by atomic mass is 32.2. The maximum atomic E-state index is 11.6. The summed E-state index contributed by atoms with van der Waals surface area (Å²) >= 11 is 3.10. The third-order valence-electron chi connectivity index (χ3n) is 6.11. The molecule has 5 rings (SSSR count). The Hall–Kier alpha value is -3.87. The number of nitrogens with one attached hydrogen (secondary N) is 1. The first-order valence-corrected chi connectivity index (χ1v) is 13.6. The van der Waals surface area contributed by atoms with E-state index in [1.54, 1.807) is 36.2 Å². The van der Waals surface area contributed by atoms with Gasteiger partial charge in [-0.25, -0.2) is 14.8 Å². The molecule has 4 aromatic rings. The van der Waals surface area contributed by atoms with Crippen LogP contribution in [-0.2, 0) is 4.79 Å². The van der Waals surface area contributed by atoms with E-state index in [2.05, 4.69) is 20.5 Å². The second kappa shape index (κ2) is 11.5. The minimum absolute atomic E-state index is 0.137. The van der Waals surface area contributed by atoms with Crippen molar-refractivity contribution in [2.45, 2.75) is 35.5 Å². The van der Waals surface area contributed by atoms with Gasteiger partial charge in [-0.15, -0.1) is 11.3 Å². The van der Waals surface area contributed by atoms with Crippen LogP contribution >= 0.6 is 23.1 Å². The van der Waals surface area contributed by atoms with Crippen molar-refractivity contribution in [2.75, 3.05) is 18.4 Å². The maximum absolute atomic E-state index is 11.6. The smallest absolute Gasteiger partial charge is 0.219 e. The van der Waals surface area contributed by atoms with Crippen LogP contribution in [0.4, 0.5) is 16.6 Å².